The molecule has 0 unspecified atom stereocenters. The second-order valence-electron chi connectivity index (χ2n) is 6.23. The predicted octanol–water partition coefficient (Wildman–Crippen LogP) is 4.91. The number of rotatable bonds is 4. The van der Waals surface area contributed by atoms with E-state index in [-0.39, 0.29) is 16.7 Å². The molecule has 0 saturated carbocycles. The first kappa shape index (κ1) is 21.2. The summed E-state index contributed by atoms with van der Waals surface area (Å²) in [4.78, 5) is 36.1. The molecule has 0 N–H and O–H groups in total. The fourth-order valence-electron chi connectivity index (χ4n) is 2.83. The maximum atomic E-state index is 14.2. The van der Waals surface area contributed by atoms with Crippen LogP contribution in [0.25, 0.3) is 6.08 Å². The summed E-state index contributed by atoms with van der Waals surface area (Å²) in [7, 11) is 0. The Morgan fingerprint density at radius 3 is 2.77 bits per heavy atom. The van der Waals surface area contributed by atoms with Gasteiger partial charge in [-0.15, -0.1) is 11.3 Å². The quantitative estimate of drug-likeness (QED) is 0.396. The van der Waals surface area contributed by atoms with Crippen LogP contribution in [0, 0.1) is 11.6 Å². The number of thioether (sulfide) groups is 1. The summed E-state index contributed by atoms with van der Waals surface area (Å²) in [5.74, 6) is -2.44. The Morgan fingerprint density at radius 1 is 1.29 bits per heavy atom. The van der Waals surface area contributed by atoms with Gasteiger partial charge in [-0.2, -0.15) is 0 Å². The van der Waals surface area contributed by atoms with Crippen molar-refractivity contribution in [1.29, 1.82) is 0 Å². The highest BCUT2D eigenvalue weighted by Crippen LogP contribution is 2.37. The highest BCUT2D eigenvalue weighted by Gasteiger charge is 2.33. The first-order chi connectivity index (χ1) is 14.8. The second-order valence-corrected chi connectivity index (χ2v) is 8.75. The van der Waals surface area contributed by atoms with E-state index in [0.717, 1.165) is 34.1 Å². The summed E-state index contributed by atoms with van der Waals surface area (Å²) in [6, 6.07) is 6.36. The van der Waals surface area contributed by atoms with Gasteiger partial charge in [0.15, 0.2) is 9.45 Å². The van der Waals surface area contributed by atoms with E-state index in [9.17, 15) is 18.4 Å². The van der Waals surface area contributed by atoms with Crippen molar-refractivity contribution in [3.8, 4) is 0 Å². The first-order valence-electron chi connectivity index (χ1n) is 8.74. The van der Waals surface area contributed by atoms with E-state index in [0.29, 0.717) is 26.7 Å². The van der Waals surface area contributed by atoms with Crippen LogP contribution in [-0.4, -0.2) is 26.1 Å². The third-order valence-corrected chi connectivity index (χ3v) is 6.29. The van der Waals surface area contributed by atoms with Gasteiger partial charge in [-0.25, -0.2) is 13.8 Å². The second kappa shape index (κ2) is 8.61. The van der Waals surface area contributed by atoms with Gasteiger partial charge in [0.05, 0.1) is 28.2 Å². The number of thiazole rings is 1. The average Bonchev–Trinajstić information content (AvgIpc) is 3.28. The van der Waals surface area contributed by atoms with Gasteiger partial charge in [0.2, 0.25) is 5.91 Å². The number of aromatic nitrogens is 2. The number of nitrogens with zero attached hydrogens (tertiary/aromatic N) is 4. The van der Waals surface area contributed by atoms with Crippen LogP contribution in [0.15, 0.2) is 53.0 Å². The molecule has 0 spiro atoms. The third-order valence-electron chi connectivity index (χ3n) is 4.14. The number of thiocarbonyl (C=S) groups is 1. The number of benzene rings is 1. The monoisotopic (exact) mass is 474 g/mol. The molecule has 0 radical (unpaired) electrons. The smallest absolute Gasteiger partial charge is 0.270 e. The van der Waals surface area contributed by atoms with E-state index < -0.39 is 17.5 Å². The Morgan fingerprint density at radius 2 is 2.10 bits per heavy atom. The van der Waals surface area contributed by atoms with Gasteiger partial charge in [-0.1, -0.05) is 24.0 Å². The molecule has 3 aromatic rings. The fraction of sp³-hybridized carbons (Fsp3) is 0.0500. The predicted molar refractivity (Wildman–Crippen MR) is 121 cm³/mol. The zero-order valence-corrected chi connectivity index (χ0v) is 18.2. The maximum absolute atomic E-state index is 14.2. The zero-order chi connectivity index (χ0) is 22.1. The summed E-state index contributed by atoms with van der Waals surface area (Å²) in [5.41, 5.74) is 0.847. The van der Waals surface area contributed by atoms with Crippen LogP contribution in [0.3, 0.4) is 0 Å². The molecule has 1 aliphatic rings. The van der Waals surface area contributed by atoms with Crippen molar-refractivity contribution in [3.63, 3.8) is 0 Å². The summed E-state index contributed by atoms with van der Waals surface area (Å²) >= 11 is 7.53. The van der Waals surface area contributed by atoms with Crippen molar-refractivity contribution in [1.82, 2.24) is 9.97 Å². The molecule has 4 rings (SSSR count). The van der Waals surface area contributed by atoms with E-state index >= 15 is 0 Å². The number of hydrogen-bond acceptors (Lipinski definition) is 7. The maximum Gasteiger partial charge on any atom is 0.270 e. The van der Waals surface area contributed by atoms with Gasteiger partial charge < -0.3 is 0 Å². The van der Waals surface area contributed by atoms with Crippen LogP contribution in [-0.2, 0) is 9.59 Å². The Kier molecular flexibility index (Phi) is 5.90. The Balaban J connectivity index is 1.64. The minimum absolute atomic E-state index is 0.113. The lowest BCUT2D eigenvalue weighted by Crippen LogP contribution is -2.27. The molecular formula is C20H12F2N4O2S3. The molecule has 1 aliphatic heterocycles. The Hall–Kier alpha value is -3.02. The highest BCUT2D eigenvalue weighted by molar-refractivity contribution is 8.27. The standard InChI is InChI=1S/C20H12F2N4O2S3/c1-11(27)25(16-5-4-12(21)7-15(16)22)19-24-13(10-30-19)8-17-18(28)26(20(29)31-17)14-3-2-6-23-9-14/h2-10H,1H3/b17-8-. The minimum Gasteiger partial charge on any atom is -0.274 e. The molecule has 0 aliphatic carbocycles. The van der Waals surface area contributed by atoms with Crippen molar-refractivity contribution >= 4 is 74.0 Å². The summed E-state index contributed by atoms with van der Waals surface area (Å²) in [6.45, 7) is 1.25. The normalized spacial score (nSPS) is 15.1. The summed E-state index contributed by atoms with van der Waals surface area (Å²) < 4.78 is 27.8. The van der Waals surface area contributed by atoms with Crippen molar-refractivity contribution in [2.45, 2.75) is 6.92 Å². The van der Waals surface area contributed by atoms with Crippen LogP contribution in [0.5, 0.6) is 0 Å². The van der Waals surface area contributed by atoms with Gasteiger partial charge in [0.1, 0.15) is 11.6 Å². The largest absolute Gasteiger partial charge is 0.274 e. The summed E-state index contributed by atoms with van der Waals surface area (Å²) in [5, 5.41) is 1.82. The number of amides is 2. The molecular weight excluding hydrogens is 462 g/mol. The first-order valence-corrected chi connectivity index (χ1v) is 10.8. The lowest BCUT2D eigenvalue weighted by Gasteiger charge is -2.18. The van der Waals surface area contributed by atoms with Gasteiger partial charge in [-0.3, -0.25) is 24.4 Å². The van der Waals surface area contributed by atoms with E-state index in [1.807, 2.05) is 0 Å². The van der Waals surface area contributed by atoms with E-state index in [1.165, 1.54) is 24.1 Å². The van der Waals surface area contributed by atoms with Gasteiger partial charge in [0, 0.05) is 24.6 Å². The molecule has 11 heteroatoms. The number of anilines is 3. The lowest BCUT2D eigenvalue weighted by molar-refractivity contribution is -0.116. The summed E-state index contributed by atoms with van der Waals surface area (Å²) in [6.07, 6.45) is 4.68. The Bertz CT molecular complexity index is 1230. The van der Waals surface area contributed by atoms with E-state index in [2.05, 4.69) is 9.97 Å². The van der Waals surface area contributed by atoms with Gasteiger partial charge in [-0.05, 0) is 30.3 Å². The molecule has 2 aromatic heterocycles. The molecule has 1 fully saturated rings. The molecule has 1 saturated heterocycles. The van der Waals surface area contributed by atoms with Crippen LogP contribution in [0.4, 0.5) is 25.3 Å². The van der Waals surface area contributed by atoms with Gasteiger partial charge in [0.25, 0.3) is 5.91 Å². The van der Waals surface area contributed by atoms with Gasteiger partial charge >= 0.3 is 0 Å². The lowest BCUT2D eigenvalue weighted by atomic mass is 10.2. The zero-order valence-electron chi connectivity index (χ0n) is 15.8. The van der Waals surface area contributed by atoms with E-state index in [1.54, 1.807) is 29.8 Å². The molecule has 0 bridgehead atoms. The van der Waals surface area contributed by atoms with Crippen LogP contribution in [0.2, 0.25) is 0 Å². The Labute approximate surface area is 189 Å². The topological polar surface area (TPSA) is 66.4 Å². The van der Waals surface area contributed by atoms with Crippen LogP contribution < -0.4 is 9.80 Å². The van der Waals surface area contributed by atoms with E-state index in [4.69, 9.17) is 12.2 Å². The van der Waals surface area contributed by atoms with Crippen molar-refractivity contribution in [2.75, 3.05) is 9.80 Å². The number of carbonyl (C=O) groups excluding carboxylic acids is 2. The molecule has 156 valence electrons. The average molecular weight is 475 g/mol. The number of carbonyl (C=O) groups is 2. The number of hydrogen-bond donors (Lipinski definition) is 0. The molecule has 2 amide bonds. The van der Waals surface area contributed by atoms with Crippen molar-refractivity contribution in [3.05, 3.63) is 70.3 Å². The third kappa shape index (κ3) is 4.24. The molecule has 0 atom stereocenters. The van der Waals surface area contributed by atoms with Crippen LogP contribution >= 0.6 is 35.3 Å². The SMILES string of the molecule is CC(=O)N(c1nc(/C=C2\SC(=S)N(c3cccnc3)C2=O)cs1)c1ccc(F)cc1F. The number of halogens is 2. The van der Waals surface area contributed by atoms with Crippen molar-refractivity contribution < 1.29 is 18.4 Å². The van der Waals surface area contributed by atoms with Crippen LogP contribution in [0.1, 0.15) is 12.6 Å². The molecule has 6 nitrogen and oxygen atoms in total. The number of pyridine rings is 1. The molecule has 31 heavy (non-hydrogen) atoms. The molecule has 3 heterocycles. The minimum atomic E-state index is -0.885. The fourth-order valence-corrected chi connectivity index (χ4v) is 4.95. The van der Waals surface area contributed by atoms with Crippen molar-refractivity contribution in [2.24, 2.45) is 0 Å². The molecule has 1 aromatic carbocycles. The highest BCUT2D eigenvalue weighted by atomic mass is 32.2.